The summed E-state index contributed by atoms with van der Waals surface area (Å²) in [6.45, 7) is 9.46. The number of aliphatic carboxylic acids is 2. The standard InChI is InChI=1S/C8H14O4.C5H10O4.C5H12O2/c1-7(2)11-4-8(3,5-12-7)6(9)10;1-5(2-6,3-7)4(8)9;1-5(2,6-3)7-4/h4-5H2,1-3H3,(H,9,10);6-7H,2-3H2,1H3,(H,8,9);1-4H3. The van der Waals surface area contributed by atoms with Crippen molar-refractivity contribution in [2.24, 2.45) is 10.8 Å². The molecule has 0 bridgehead atoms. The minimum Gasteiger partial charge on any atom is -0.481 e. The highest BCUT2D eigenvalue weighted by atomic mass is 16.7. The number of ether oxygens (including phenoxy) is 4. The number of aliphatic hydroxyl groups excluding tert-OH is 2. The number of carboxylic acid groups (broad SMARTS) is 2. The van der Waals surface area contributed by atoms with E-state index in [0.29, 0.717) is 0 Å². The summed E-state index contributed by atoms with van der Waals surface area (Å²) in [5.74, 6) is -3.12. The van der Waals surface area contributed by atoms with E-state index in [1.54, 1.807) is 35.0 Å². The molecule has 0 saturated carbocycles. The largest absolute Gasteiger partial charge is 0.481 e. The molecule has 168 valence electrons. The second kappa shape index (κ2) is 11.6. The molecule has 0 spiro atoms. The van der Waals surface area contributed by atoms with E-state index in [9.17, 15) is 9.59 Å². The van der Waals surface area contributed by atoms with E-state index >= 15 is 0 Å². The number of hydrogen-bond donors (Lipinski definition) is 4. The van der Waals surface area contributed by atoms with Gasteiger partial charge in [0.2, 0.25) is 0 Å². The van der Waals surface area contributed by atoms with Gasteiger partial charge in [-0.2, -0.15) is 0 Å². The molecule has 4 N–H and O–H groups in total. The van der Waals surface area contributed by atoms with Crippen LogP contribution in [-0.2, 0) is 28.5 Å². The molecule has 28 heavy (non-hydrogen) atoms. The Morgan fingerprint density at radius 2 is 1.29 bits per heavy atom. The molecule has 1 rings (SSSR count). The lowest BCUT2D eigenvalue weighted by atomic mass is 9.92. The number of methoxy groups -OCH3 is 2. The highest BCUT2D eigenvalue weighted by molar-refractivity contribution is 5.74. The monoisotopic (exact) mass is 412 g/mol. The summed E-state index contributed by atoms with van der Waals surface area (Å²) < 4.78 is 20.2. The molecule has 0 radical (unpaired) electrons. The van der Waals surface area contributed by atoms with E-state index in [-0.39, 0.29) is 13.2 Å². The van der Waals surface area contributed by atoms with Crippen LogP contribution in [0, 0.1) is 10.8 Å². The van der Waals surface area contributed by atoms with Gasteiger partial charge in [-0.1, -0.05) is 0 Å². The van der Waals surface area contributed by atoms with Crippen LogP contribution >= 0.6 is 0 Å². The SMILES string of the molecule is CC(CO)(CO)C(=O)O.CC1(C)OCC(C)(C(=O)O)CO1.COC(C)(C)OC. The predicted molar refractivity (Wildman–Crippen MR) is 99.7 cm³/mol. The van der Waals surface area contributed by atoms with E-state index in [0.717, 1.165) is 0 Å². The molecular formula is C18H36O10. The Morgan fingerprint density at radius 1 is 0.929 bits per heavy atom. The molecule has 0 atom stereocenters. The average molecular weight is 412 g/mol. The number of carboxylic acids is 2. The third kappa shape index (κ3) is 10.3. The zero-order valence-corrected chi connectivity index (χ0v) is 18.1. The van der Waals surface area contributed by atoms with Crippen LogP contribution in [0.1, 0.15) is 41.5 Å². The van der Waals surface area contributed by atoms with Crippen molar-refractivity contribution in [3.8, 4) is 0 Å². The third-order valence-electron chi connectivity index (χ3n) is 4.19. The molecule has 0 amide bonds. The second-order valence-corrected chi connectivity index (χ2v) is 7.83. The van der Waals surface area contributed by atoms with Gasteiger partial charge in [-0.25, -0.2) is 0 Å². The van der Waals surface area contributed by atoms with Crippen molar-refractivity contribution < 1.29 is 49.0 Å². The van der Waals surface area contributed by atoms with Gasteiger partial charge in [0, 0.05) is 14.2 Å². The van der Waals surface area contributed by atoms with Gasteiger partial charge < -0.3 is 39.4 Å². The van der Waals surface area contributed by atoms with Crippen LogP contribution in [0.2, 0.25) is 0 Å². The van der Waals surface area contributed by atoms with Crippen molar-refractivity contribution in [1.29, 1.82) is 0 Å². The summed E-state index contributed by atoms with van der Waals surface area (Å²) in [6, 6.07) is 0. The molecule has 10 nitrogen and oxygen atoms in total. The van der Waals surface area contributed by atoms with Gasteiger partial charge in [-0.3, -0.25) is 9.59 Å². The minimum absolute atomic E-state index is 0.204. The smallest absolute Gasteiger partial charge is 0.314 e. The molecule has 1 heterocycles. The maximum Gasteiger partial charge on any atom is 0.314 e. The number of carbonyl (C=O) groups is 2. The summed E-state index contributed by atoms with van der Waals surface area (Å²) in [7, 11) is 3.23. The predicted octanol–water partition coefficient (Wildman–Crippen LogP) is 0.937. The lowest BCUT2D eigenvalue weighted by molar-refractivity contribution is -0.280. The van der Waals surface area contributed by atoms with E-state index in [4.69, 9.17) is 39.4 Å². The van der Waals surface area contributed by atoms with Crippen molar-refractivity contribution in [1.82, 2.24) is 0 Å². The molecule has 10 heteroatoms. The molecule has 0 aliphatic carbocycles. The van der Waals surface area contributed by atoms with E-state index in [1.165, 1.54) is 6.92 Å². The second-order valence-electron chi connectivity index (χ2n) is 7.83. The summed E-state index contributed by atoms with van der Waals surface area (Å²) >= 11 is 0. The third-order valence-corrected chi connectivity index (χ3v) is 4.19. The van der Waals surface area contributed by atoms with Crippen molar-refractivity contribution in [3.63, 3.8) is 0 Å². The highest BCUT2D eigenvalue weighted by Crippen LogP contribution is 2.29. The summed E-state index contributed by atoms with van der Waals surface area (Å²) in [6.07, 6.45) is 0. The Balaban J connectivity index is 0. The fourth-order valence-electron chi connectivity index (χ4n) is 1.14. The van der Waals surface area contributed by atoms with Crippen LogP contribution in [-0.4, -0.2) is 84.6 Å². The Labute approximate surface area is 166 Å². The van der Waals surface area contributed by atoms with Crippen molar-refractivity contribution in [2.75, 3.05) is 40.6 Å². The first-order valence-corrected chi connectivity index (χ1v) is 8.61. The van der Waals surface area contributed by atoms with E-state index in [2.05, 4.69) is 0 Å². The summed E-state index contributed by atoms with van der Waals surface area (Å²) in [5, 5.41) is 33.9. The fourth-order valence-corrected chi connectivity index (χ4v) is 1.14. The summed E-state index contributed by atoms with van der Waals surface area (Å²) in [4.78, 5) is 20.9. The van der Waals surface area contributed by atoms with Crippen LogP contribution in [0.4, 0.5) is 0 Å². The van der Waals surface area contributed by atoms with Crippen molar-refractivity contribution in [2.45, 2.75) is 53.1 Å². The Bertz CT molecular complexity index is 467. The van der Waals surface area contributed by atoms with Crippen molar-refractivity contribution >= 4 is 11.9 Å². The zero-order valence-electron chi connectivity index (χ0n) is 18.1. The lowest BCUT2D eigenvalue weighted by Gasteiger charge is -2.38. The van der Waals surface area contributed by atoms with Crippen LogP contribution in [0.3, 0.4) is 0 Å². The van der Waals surface area contributed by atoms with Crippen LogP contribution in [0.5, 0.6) is 0 Å². The van der Waals surface area contributed by atoms with Crippen LogP contribution < -0.4 is 0 Å². The van der Waals surface area contributed by atoms with Crippen LogP contribution in [0.25, 0.3) is 0 Å². The Hall–Kier alpha value is -1.30. The number of rotatable bonds is 6. The molecule has 0 aromatic rings. The lowest BCUT2D eigenvalue weighted by Crippen LogP contribution is -2.48. The average Bonchev–Trinajstić information content (AvgIpc) is 2.64. The number of hydrogen-bond acceptors (Lipinski definition) is 8. The molecule has 0 aromatic carbocycles. The first kappa shape index (κ1) is 28.9. The molecule has 0 aromatic heterocycles. The fraction of sp³-hybridized carbons (Fsp3) is 0.889. The molecule has 1 aliphatic heterocycles. The highest BCUT2D eigenvalue weighted by Gasteiger charge is 2.42. The molecule has 1 fully saturated rings. The Kier molecular flexibility index (Phi) is 12.0. The van der Waals surface area contributed by atoms with Crippen LogP contribution in [0.15, 0.2) is 0 Å². The quantitative estimate of drug-likeness (QED) is 0.464. The molecule has 1 aliphatic rings. The molecule has 0 unspecified atom stereocenters. The van der Waals surface area contributed by atoms with Gasteiger partial charge >= 0.3 is 11.9 Å². The van der Waals surface area contributed by atoms with Gasteiger partial charge in [0.1, 0.15) is 10.8 Å². The van der Waals surface area contributed by atoms with Gasteiger partial charge in [0.05, 0.1) is 26.4 Å². The topological polar surface area (TPSA) is 152 Å². The maximum absolute atomic E-state index is 10.7. The van der Waals surface area contributed by atoms with Crippen molar-refractivity contribution in [3.05, 3.63) is 0 Å². The molecular weight excluding hydrogens is 376 g/mol. The summed E-state index contributed by atoms with van der Waals surface area (Å²) in [5.41, 5.74) is -2.28. The first-order chi connectivity index (χ1) is 12.5. The van der Waals surface area contributed by atoms with E-state index in [1.807, 2.05) is 13.8 Å². The van der Waals surface area contributed by atoms with Gasteiger partial charge in [0.15, 0.2) is 11.6 Å². The minimum atomic E-state index is -1.39. The van der Waals surface area contributed by atoms with Gasteiger partial charge in [-0.15, -0.1) is 0 Å². The van der Waals surface area contributed by atoms with Gasteiger partial charge in [-0.05, 0) is 41.5 Å². The first-order valence-electron chi connectivity index (χ1n) is 8.61. The van der Waals surface area contributed by atoms with Gasteiger partial charge in [0.25, 0.3) is 0 Å². The maximum atomic E-state index is 10.7. The normalized spacial score (nSPS) is 18.1. The zero-order chi connectivity index (χ0) is 22.8. The molecule has 1 saturated heterocycles. The van der Waals surface area contributed by atoms with E-state index < -0.39 is 47.6 Å². The Morgan fingerprint density at radius 3 is 1.43 bits per heavy atom. The number of aliphatic hydroxyl groups is 2.